The van der Waals surface area contributed by atoms with Gasteiger partial charge in [0.15, 0.2) is 6.61 Å². The van der Waals surface area contributed by atoms with Crippen molar-refractivity contribution in [2.24, 2.45) is 0 Å². The predicted molar refractivity (Wildman–Crippen MR) is 82.0 cm³/mol. The van der Waals surface area contributed by atoms with E-state index in [1.54, 1.807) is 24.3 Å². The number of aromatic nitrogens is 2. The molecule has 0 unspecified atom stereocenters. The van der Waals surface area contributed by atoms with Crippen LogP contribution in [-0.2, 0) is 11.3 Å². The van der Waals surface area contributed by atoms with Crippen molar-refractivity contribution in [2.75, 3.05) is 0 Å². The van der Waals surface area contributed by atoms with Gasteiger partial charge in [-0.2, -0.15) is 0 Å². The number of nitrogens with zero attached hydrogens (tertiary/aromatic N) is 2. The van der Waals surface area contributed by atoms with Crippen LogP contribution in [0.2, 0.25) is 5.02 Å². The lowest BCUT2D eigenvalue weighted by Crippen LogP contribution is -2.06. The summed E-state index contributed by atoms with van der Waals surface area (Å²) in [5.41, 5.74) is 1.01. The minimum Gasteiger partial charge on any atom is -0.466 e. The number of halogens is 1. The molecule has 0 saturated carbocycles. The molecule has 0 N–H and O–H groups in total. The second-order valence-corrected chi connectivity index (χ2v) is 5.29. The highest BCUT2D eigenvalue weighted by Crippen LogP contribution is 2.25. The van der Waals surface area contributed by atoms with E-state index in [1.165, 1.54) is 0 Å². The van der Waals surface area contributed by atoms with Crippen molar-refractivity contribution >= 4 is 17.6 Å². The van der Waals surface area contributed by atoms with Crippen molar-refractivity contribution in [3.8, 4) is 11.5 Å². The summed E-state index contributed by atoms with van der Waals surface area (Å²) in [5.74, 6) is 1.40. The molecule has 0 bridgehead atoms. The highest BCUT2D eigenvalue weighted by atomic mass is 35.5. The molecule has 3 aromatic rings. The number of benzene rings is 1. The second kappa shape index (κ2) is 6.26. The summed E-state index contributed by atoms with van der Waals surface area (Å²) in [6.07, 6.45) is 0. The first-order valence-electron chi connectivity index (χ1n) is 6.86. The summed E-state index contributed by atoms with van der Waals surface area (Å²) in [7, 11) is 0. The van der Waals surface area contributed by atoms with Gasteiger partial charge < -0.3 is 13.6 Å². The molecule has 118 valence electrons. The number of aryl methyl sites for hydroxylation is 2. The van der Waals surface area contributed by atoms with Crippen LogP contribution in [0.1, 0.15) is 27.8 Å². The maximum atomic E-state index is 12.0. The van der Waals surface area contributed by atoms with Gasteiger partial charge in [-0.15, -0.1) is 10.2 Å². The summed E-state index contributed by atoms with van der Waals surface area (Å²) < 4.78 is 16.0. The van der Waals surface area contributed by atoms with Crippen LogP contribution in [0.4, 0.5) is 0 Å². The Labute approximate surface area is 137 Å². The van der Waals surface area contributed by atoms with Crippen molar-refractivity contribution in [1.29, 1.82) is 0 Å². The van der Waals surface area contributed by atoms with Crippen LogP contribution < -0.4 is 0 Å². The van der Waals surface area contributed by atoms with Crippen LogP contribution in [0.25, 0.3) is 11.5 Å². The lowest BCUT2D eigenvalue weighted by atomic mass is 10.2. The molecule has 2 heterocycles. The molecule has 0 spiro atoms. The molecular weight excluding hydrogens is 320 g/mol. The van der Waals surface area contributed by atoms with E-state index < -0.39 is 5.97 Å². The van der Waals surface area contributed by atoms with Gasteiger partial charge in [0.2, 0.25) is 0 Å². The Balaban J connectivity index is 1.69. The van der Waals surface area contributed by atoms with Crippen molar-refractivity contribution in [2.45, 2.75) is 20.5 Å². The predicted octanol–water partition coefficient (Wildman–Crippen LogP) is 3.96. The maximum Gasteiger partial charge on any atom is 0.340 e. The number of esters is 1. The Kier molecular flexibility index (Phi) is 4.16. The smallest absolute Gasteiger partial charge is 0.340 e. The largest absolute Gasteiger partial charge is 0.466 e. The molecule has 0 amide bonds. The monoisotopic (exact) mass is 332 g/mol. The van der Waals surface area contributed by atoms with Gasteiger partial charge in [0.05, 0.1) is 16.1 Å². The molecular formula is C16H13ClN2O4. The SMILES string of the molecule is Cc1cc(-c2nnc(COC(=O)c3ccccc3Cl)o2)c(C)o1. The third-order valence-corrected chi connectivity index (χ3v) is 3.49. The summed E-state index contributed by atoms with van der Waals surface area (Å²) >= 11 is 5.94. The summed E-state index contributed by atoms with van der Waals surface area (Å²) in [5, 5.41) is 8.12. The summed E-state index contributed by atoms with van der Waals surface area (Å²) in [6, 6.07) is 8.45. The summed E-state index contributed by atoms with van der Waals surface area (Å²) in [4.78, 5) is 12.0. The molecule has 7 heteroatoms. The molecule has 0 aliphatic rings. The molecule has 0 atom stereocenters. The van der Waals surface area contributed by atoms with Crippen LogP contribution in [0.15, 0.2) is 39.2 Å². The Morgan fingerprint density at radius 3 is 2.70 bits per heavy atom. The zero-order chi connectivity index (χ0) is 16.4. The Morgan fingerprint density at radius 1 is 1.22 bits per heavy atom. The number of ether oxygens (including phenoxy) is 1. The van der Waals surface area contributed by atoms with Gasteiger partial charge in [-0.05, 0) is 32.0 Å². The average molecular weight is 333 g/mol. The quantitative estimate of drug-likeness (QED) is 0.673. The Bertz CT molecular complexity index is 853. The van der Waals surface area contributed by atoms with Gasteiger partial charge in [0.1, 0.15) is 11.5 Å². The van der Waals surface area contributed by atoms with Crippen LogP contribution in [0, 0.1) is 13.8 Å². The third-order valence-electron chi connectivity index (χ3n) is 3.16. The van der Waals surface area contributed by atoms with E-state index in [2.05, 4.69) is 10.2 Å². The standard InChI is InChI=1S/C16H13ClN2O4/c1-9-7-12(10(2)22-9)15-19-18-14(23-15)8-21-16(20)11-5-3-4-6-13(11)17/h3-7H,8H2,1-2H3. The zero-order valence-electron chi connectivity index (χ0n) is 12.5. The highest BCUT2D eigenvalue weighted by Gasteiger charge is 2.16. The maximum absolute atomic E-state index is 12.0. The summed E-state index contributed by atoms with van der Waals surface area (Å²) in [6.45, 7) is 3.51. The van der Waals surface area contributed by atoms with Gasteiger partial charge in [0, 0.05) is 0 Å². The number of carbonyl (C=O) groups excluding carboxylic acids is 1. The van der Waals surface area contributed by atoms with E-state index >= 15 is 0 Å². The van der Waals surface area contributed by atoms with Crippen molar-refractivity contribution in [3.05, 3.63) is 58.3 Å². The lowest BCUT2D eigenvalue weighted by molar-refractivity contribution is 0.0439. The van der Waals surface area contributed by atoms with Gasteiger partial charge in [0.25, 0.3) is 11.8 Å². The van der Waals surface area contributed by atoms with Crippen molar-refractivity contribution in [1.82, 2.24) is 10.2 Å². The number of hydrogen-bond donors (Lipinski definition) is 0. The van der Waals surface area contributed by atoms with Gasteiger partial charge in [-0.1, -0.05) is 23.7 Å². The van der Waals surface area contributed by atoms with Gasteiger partial charge >= 0.3 is 5.97 Å². The number of hydrogen-bond acceptors (Lipinski definition) is 6. The van der Waals surface area contributed by atoms with Crippen molar-refractivity contribution < 1.29 is 18.4 Å². The van der Waals surface area contributed by atoms with Crippen molar-refractivity contribution in [3.63, 3.8) is 0 Å². The molecule has 0 aliphatic heterocycles. The molecule has 2 aromatic heterocycles. The number of rotatable bonds is 4. The number of carbonyl (C=O) groups is 1. The first-order valence-corrected chi connectivity index (χ1v) is 7.24. The number of furan rings is 1. The van der Waals surface area contributed by atoms with E-state index in [0.717, 1.165) is 11.3 Å². The van der Waals surface area contributed by atoms with Crippen LogP contribution in [0.3, 0.4) is 0 Å². The lowest BCUT2D eigenvalue weighted by Gasteiger charge is -2.03. The molecule has 6 nitrogen and oxygen atoms in total. The fourth-order valence-electron chi connectivity index (χ4n) is 2.10. The second-order valence-electron chi connectivity index (χ2n) is 4.88. The van der Waals surface area contributed by atoms with Crippen LogP contribution in [0.5, 0.6) is 0 Å². The van der Waals surface area contributed by atoms with Gasteiger partial charge in [-0.25, -0.2) is 4.79 Å². The topological polar surface area (TPSA) is 78.4 Å². The van der Waals surface area contributed by atoms with E-state index in [1.807, 2.05) is 19.9 Å². The first-order chi connectivity index (χ1) is 11.0. The van der Waals surface area contributed by atoms with E-state index in [0.29, 0.717) is 16.7 Å². The first kappa shape index (κ1) is 15.3. The Hall–Kier alpha value is -2.60. The fourth-order valence-corrected chi connectivity index (χ4v) is 2.31. The molecule has 0 saturated heterocycles. The molecule has 0 aliphatic carbocycles. The Morgan fingerprint density at radius 2 is 2.00 bits per heavy atom. The molecule has 0 fully saturated rings. The van der Waals surface area contributed by atoms with Crippen LogP contribution in [-0.4, -0.2) is 16.2 Å². The molecule has 1 aromatic carbocycles. The average Bonchev–Trinajstić information content (AvgIpc) is 3.11. The van der Waals surface area contributed by atoms with E-state index in [-0.39, 0.29) is 18.1 Å². The minimum absolute atomic E-state index is 0.132. The molecule has 3 rings (SSSR count). The zero-order valence-corrected chi connectivity index (χ0v) is 13.3. The normalized spacial score (nSPS) is 10.7. The van der Waals surface area contributed by atoms with Gasteiger partial charge in [-0.3, -0.25) is 0 Å². The van der Waals surface area contributed by atoms with E-state index in [9.17, 15) is 4.79 Å². The molecule has 23 heavy (non-hydrogen) atoms. The molecule has 0 radical (unpaired) electrons. The van der Waals surface area contributed by atoms with Crippen LogP contribution >= 0.6 is 11.6 Å². The third kappa shape index (κ3) is 3.27. The minimum atomic E-state index is -0.550. The highest BCUT2D eigenvalue weighted by molar-refractivity contribution is 6.33. The fraction of sp³-hybridized carbons (Fsp3) is 0.188. The van der Waals surface area contributed by atoms with E-state index in [4.69, 9.17) is 25.2 Å².